The van der Waals surface area contributed by atoms with Gasteiger partial charge < -0.3 is 0 Å². The Labute approximate surface area is 111 Å². The largest absolute Gasteiger partial charge is 0.271 e. The Bertz CT molecular complexity index is 545. The van der Waals surface area contributed by atoms with Crippen LogP contribution in [-0.4, -0.2) is 0 Å². The van der Waals surface area contributed by atoms with Crippen LogP contribution in [-0.2, 0) is 0 Å². The second kappa shape index (κ2) is 5.47. The maximum atomic E-state index is 13.9. The average molecular weight is 262 g/mol. The monoisotopic (exact) mass is 262 g/mol. The van der Waals surface area contributed by atoms with Crippen molar-refractivity contribution in [3.63, 3.8) is 0 Å². The molecule has 0 amide bonds. The highest BCUT2D eigenvalue weighted by Gasteiger charge is 2.20. The predicted molar refractivity (Wildman–Crippen MR) is 71.4 cm³/mol. The highest BCUT2D eigenvalue weighted by atomic mass is 19.2. The lowest BCUT2D eigenvalue weighted by Gasteiger charge is -2.20. The minimum absolute atomic E-state index is 0.205. The first kappa shape index (κ1) is 13.6. The van der Waals surface area contributed by atoms with Gasteiger partial charge in [-0.25, -0.2) is 14.2 Å². The predicted octanol–water partition coefficient (Wildman–Crippen LogP) is 3.13. The van der Waals surface area contributed by atoms with Crippen LogP contribution in [0.15, 0.2) is 36.4 Å². The fraction of sp³-hybridized carbons (Fsp3) is 0.200. The van der Waals surface area contributed by atoms with Crippen molar-refractivity contribution < 1.29 is 8.78 Å². The van der Waals surface area contributed by atoms with Crippen LogP contribution >= 0.6 is 0 Å². The van der Waals surface area contributed by atoms with Crippen LogP contribution in [0.5, 0.6) is 0 Å². The zero-order chi connectivity index (χ0) is 14.0. The minimum atomic E-state index is -0.872. The number of aryl methyl sites for hydroxylation is 1. The number of benzene rings is 2. The third kappa shape index (κ3) is 2.50. The highest BCUT2D eigenvalue weighted by molar-refractivity contribution is 5.41. The Hall–Kier alpha value is -1.78. The third-order valence-electron chi connectivity index (χ3n) is 3.42. The van der Waals surface area contributed by atoms with Crippen molar-refractivity contribution in [2.24, 2.45) is 5.84 Å². The molecule has 0 heterocycles. The van der Waals surface area contributed by atoms with Crippen molar-refractivity contribution in [3.8, 4) is 0 Å². The molecule has 2 rings (SSSR count). The molecule has 0 saturated heterocycles. The Morgan fingerprint density at radius 2 is 1.63 bits per heavy atom. The summed E-state index contributed by atoms with van der Waals surface area (Å²) in [5, 5.41) is 0. The van der Waals surface area contributed by atoms with Gasteiger partial charge >= 0.3 is 0 Å². The Balaban J connectivity index is 2.57. The zero-order valence-corrected chi connectivity index (χ0v) is 10.9. The van der Waals surface area contributed by atoms with Crippen molar-refractivity contribution in [2.75, 3.05) is 0 Å². The molecule has 0 fully saturated rings. The molecule has 0 saturated carbocycles. The molecular weight excluding hydrogens is 246 g/mol. The summed E-state index contributed by atoms with van der Waals surface area (Å²) in [6.07, 6.45) is 0. The van der Waals surface area contributed by atoms with Crippen LogP contribution in [0.1, 0.15) is 28.3 Å². The fourth-order valence-electron chi connectivity index (χ4n) is 2.18. The van der Waals surface area contributed by atoms with Crippen LogP contribution in [0.3, 0.4) is 0 Å². The summed E-state index contributed by atoms with van der Waals surface area (Å²) in [6, 6.07) is 9.23. The quantitative estimate of drug-likeness (QED) is 0.658. The summed E-state index contributed by atoms with van der Waals surface area (Å²) in [6.45, 7) is 3.90. The van der Waals surface area contributed by atoms with Crippen LogP contribution in [0.4, 0.5) is 8.78 Å². The van der Waals surface area contributed by atoms with Gasteiger partial charge in [0.25, 0.3) is 0 Å². The van der Waals surface area contributed by atoms with E-state index in [2.05, 4.69) is 5.43 Å². The SMILES string of the molecule is Cc1cccc(C(NN)c2cccc(F)c2F)c1C. The van der Waals surface area contributed by atoms with Gasteiger partial charge in [0.15, 0.2) is 11.6 Å². The van der Waals surface area contributed by atoms with Crippen molar-refractivity contribution in [2.45, 2.75) is 19.9 Å². The molecule has 0 aliphatic carbocycles. The number of nitrogens with one attached hydrogen (secondary N) is 1. The number of hydrogen-bond donors (Lipinski definition) is 2. The summed E-state index contributed by atoms with van der Waals surface area (Å²) in [4.78, 5) is 0. The van der Waals surface area contributed by atoms with Crippen LogP contribution in [0.2, 0.25) is 0 Å². The molecule has 0 bridgehead atoms. The standard InChI is InChI=1S/C15H16F2N2/c1-9-5-3-6-11(10(9)2)15(19-18)12-7-4-8-13(16)14(12)17/h3-8,15,19H,18H2,1-2H3. The molecule has 100 valence electrons. The van der Waals surface area contributed by atoms with Gasteiger partial charge in [0.2, 0.25) is 0 Å². The maximum absolute atomic E-state index is 13.9. The van der Waals surface area contributed by atoms with E-state index in [1.165, 1.54) is 12.1 Å². The maximum Gasteiger partial charge on any atom is 0.163 e. The summed E-state index contributed by atoms with van der Waals surface area (Å²) in [5.74, 6) is 3.79. The van der Waals surface area contributed by atoms with Crippen LogP contribution < -0.4 is 11.3 Å². The van der Waals surface area contributed by atoms with E-state index in [1.807, 2.05) is 32.0 Å². The Morgan fingerprint density at radius 1 is 1.00 bits per heavy atom. The molecule has 0 aliphatic heterocycles. The number of hydrogen-bond acceptors (Lipinski definition) is 2. The molecule has 2 aromatic carbocycles. The van der Waals surface area contributed by atoms with E-state index >= 15 is 0 Å². The van der Waals surface area contributed by atoms with Crippen molar-refractivity contribution in [3.05, 3.63) is 70.3 Å². The molecule has 19 heavy (non-hydrogen) atoms. The first-order chi connectivity index (χ1) is 9.06. The normalized spacial score (nSPS) is 12.5. The zero-order valence-electron chi connectivity index (χ0n) is 10.9. The van der Waals surface area contributed by atoms with E-state index in [9.17, 15) is 8.78 Å². The lowest BCUT2D eigenvalue weighted by atomic mass is 9.93. The minimum Gasteiger partial charge on any atom is -0.271 e. The number of hydrazine groups is 1. The second-order valence-corrected chi connectivity index (χ2v) is 4.53. The smallest absolute Gasteiger partial charge is 0.163 e. The lowest BCUT2D eigenvalue weighted by molar-refractivity contribution is 0.482. The van der Waals surface area contributed by atoms with Crippen LogP contribution in [0, 0.1) is 25.5 Å². The molecule has 0 radical (unpaired) electrons. The van der Waals surface area contributed by atoms with Crippen molar-refractivity contribution in [1.82, 2.24) is 5.43 Å². The Kier molecular flexibility index (Phi) is 3.93. The van der Waals surface area contributed by atoms with Gasteiger partial charge in [0.05, 0.1) is 6.04 Å². The van der Waals surface area contributed by atoms with E-state index in [0.29, 0.717) is 0 Å². The molecule has 0 spiro atoms. The summed E-state index contributed by atoms with van der Waals surface area (Å²) in [7, 11) is 0. The third-order valence-corrected chi connectivity index (χ3v) is 3.42. The number of halogens is 2. The van der Waals surface area contributed by atoms with E-state index in [-0.39, 0.29) is 5.56 Å². The topological polar surface area (TPSA) is 38.0 Å². The summed E-state index contributed by atoms with van der Waals surface area (Å²) in [5.41, 5.74) is 5.70. The molecule has 2 aromatic rings. The molecule has 1 atom stereocenters. The van der Waals surface area contributed by atoms with E-state index in [4.69, 9.17) is 5.84 Å². The highest BCUT2D eigenvalue weighted by Crippen LogP contribution is 2.28. The molecule has 1 unspecified atom stereocenters. The van der Waals surface area contributed by atoms with Gasteiger partial charge in [-0.2, -0.15) is 0 Å². The van der Waals surface area contributed by atoms with E-state index < -0.39 is 17.7 Å². The van der Waals surface area contributed by atoms with E-state index in [1.54, 1.807) is 0 Å². The van der Waals surface area contributed by atoms with Gasteiger partial charge in [0.1, 0.15) is 0 Å². The van der Waals surface area contributed by atoms with Gasteiger partial charge in [-0.1, -0.05) is 30.3 Å². The van der Waals surface area contributed by atoms with Crippen molar-refractivity contribution in [1.29, 1.82) is 0 Å². The molecule has 0 aliphatic rings. The molecule has 0 aromatic heterocycles. The molecule has 3 N–H and O–H groups in total. The van der Waals surface area contributed by atoms with Gasteiger partial charge in [0, 0.05) is 5.56 Å². The average Bonchev–Trinajstić information content (AvgIpc) is 2.40. The lowest BCUT2D eigenvalue weighted by Crippen LogP contribution is -2.30. The first-order valence-electron chi connectivity index (χ1n) is 6.02. The second-order valence-electron chi connectivity index (χ2n) is 4.53. The first-order valence-corrected chi connectivity index (χ1v) is 6.02. The number of rotatable bonds is 3. The summed E-state index contributed by atoms with van der Waals surface area (Å²) < 4.78 is 27.2. The summed E-state index contributed by atoms with van der Waals surface area (Å²) >= 11 is 0. The van der Waals surface area contributed by atoms with Crippen molar-refractivity contribution >= 4 is 0 Å². The van der Waals surface area contributed by atoms with E-state index in [0.717, 1.165) is 22.8 Å². The van der Waals surface area contributed by atoms with Gasteiger partial charge in [-0.05, 0) is 36.6 Å². The fourth-order valence-corrected chi connectivity index (χ4v) is 2.18. The van der Waals surface area contributed by atoms with Gasteiger partial charge in [-0.15, -0.1) is 0 Å². The molecular formula is C15H16F2N2. The number of nitrogens with two attached hydrogens (primary N) is 1. The molecule has 2 nitrogen and oxygen atoms in total. The molecule has 4 heteroatoms. The Morgan fingerprint density at radius 3 is 2.32 bits per heavy atom. The van der Waals surface area contributed by atoms with Crippen LogP contribution in [0.25, 0.3) is 0 Å². The van der Waals surface area contributed by atoms with Gasteiger partial charge in [-0.3, -0.25) is 5.84 Å².